The maximum Gasteiger partial charge on any atom is 0.162 e. The summed E-state index contributed by atoms with van der Waals surface area (Å²) < 4.78 is 13.2. The molecular formula is C16H13Br2ClO2. The maximum atomic E-state index is 6.60. The Bertz CT molecular complexity index is 661. The normalized spacial score (nSPS) is 14.8. The van der Waals surface area contributed by atoms with Gasteiger partial charge in [0.1, 0.15) is 13.2 Å². The van der Waals surface area contributed by atoms with Crippen LogP contribution in [0.2, 0.25) is 0 Å². The SMILES string of the molecule is ClC(Cc1cccc(Br)c1)c1cc2c(cc1Br)OCCO2. The standard InChI is InChI=1S/C16H13Br2ClO2/c17-11-3-1-2-10(6-11)7-14(19)12-8-15-16(9-13(12)18)21-5-4-20-15/h1-3,6,8-9,14H,4-5,7H2. The lowest BCUT2D eigenvalue weighted by atomic mass is 10.0. The molecule has 0 radical (unpaired) electrons. The molecule has 3 rings (SSSR count). The zero-order valence-corrected chi connectivity index (χ0v) is 15.0. The van der Waals surface area contributed by atoms with Crippen LogP contribution in [0.1, 0.15) is 16.5 Å². The zero-order chi connectivity index (χ0) is 14.8. The highest BCUT2D eigenvalue weighted by atomic mass is 79.9. The summed E-state index contributed by atoms with van der Waals surface area (Å²) in [5.74, 6) is 1.53. The van der Waals surface area contributed by atoms with Gasteiger partial charge in [-0.15, -0.1) is 11.6 Å². The van der Waals surface area contributed by atoms with Gasteiger partial charge < -0.3 is 9.47 Å². The average molecular weight is 433 g/mol. The fourth-order valence-electron chi connectivity index (χ4n) is 2.30. The monoisotopic (exact) mass is 430 g/mol. The van der Waals surface area contributed by atoms with Crippen molar-refractivity contribution in [2.24, 2.45) is 0 Å². The first-order valence-electron chi connectivity index (χ1n) is 6.61. The Morgan fingerprint density at radius 1 is 1.05 bits per heavy atom. The predicted molar refractivity (Wildman–Crippen MR) is 91.6 cm³/mol. The van der Waals surface area contributed by atoms with Crippen molar-refractivity contribution < 1.29 is 9.47 Å². The Balaban J connectivity index is 1.85. The molecule has 0 aromatic heterocycles. The predicted octanol–water partition coefficient (Wildman–Crippen LogP) is 5.51. The van der Waals surface area contributed by atoms with E-state index in [1.807, 2.05) is 24.3 Å². The van der Waals surface area contributed by atoms with Crippen LogP contribution in [-0.4, -0.2) is 13.2 Å². The second-order valence-corrected chi connectivity index (χ2v) is 7.12. The number of alkyl halides is 1. The molecule has 0 N–H and O–H groups in total. The summed E-state index contributed by atoms with van der Waals surface area (Å²) >= 11 is 13.7. The van der Waals surface area contributed by atoms with Gasteiger partial charge in [0.25, 0.3) is 0 Å². The van der Waals surface area contributed by atoms with Crippen LogP contribution in [0, 0.1) is 0 Å². The minimum Gasteiger partial charge on any atom is -0.486 e. The maximum absolute atomic E-state index is 6.60. The Hall–Kier alpha value is -0.710. The van der Waals surface area contributed by atoms with E-state index in [2.05, 4.69) is 44.0 Å². The molecule has 0 saturated heterocycles. The van der Waals surface area contributed by atoms with Crippen LogP contribution in [0.25, 0.3) is 0 Å². The third-order valence-electron chi connectivity index (χ3n) is 3.30. The highest BCUT2D eigenvalue weighted by Crippen LogP contribution is 2.40. The van der Waals surface area contributed by atoms with Crippen LogP contribution in [-0.2, 0) is 6.42 Å². The fraction of sp³-hybridized carbons (Fsp3) is 0.250. The lowest BCUT2D eigenvalue weighted by Crippen LogP contribution is -2.15. The van der Waals surface area contributed by atoms with E-state index in [0.29, 0.717) is 13.2 Å². The van der Waals surface area contributed by atoms with Crippen LogP contribution in [0.15, 0.2) is 45.3 Å². The van der Waals surface area contributed by atoms with Crippen molar-refractivity contribution >= 4 is 43.5 Å². The van der Waals surface area contributed by atoms with Crippen molar-refractivity contribution in [3.05, 3.63) is 56.5 Å². The highest BCUT2D eigenvalue weighted by Gasteiger charge is 2.19. The summed E-state index contributed by atoms with van der Waals surface area (Å²) in [5, 5.41) is -0.135. The molecule has 0 amide bonds. The van der Waals surface area contributed by atoms with E-state index in [1.165, 1.54) is 5.56 Å². The van der Waals surface area contributed by atoms with Gasteiger partial charge in [0.15, 0.2) is 11.5 Å². The minimum absolute atomic E-state index is 0.135. The number of halogens is 3. The molecule has 2 nitrogen and oxygen atoms in total. The second kappa shape index (κ2) is 6.59. The first-order chi connectivity index (χ1) is 10.1. The van der Waals surface area contributed by atoms with E-state index >= 15 is 0 Å². The van der Waals surface area contributed by atoms with Crippen molar-refractivity contribution in [2.45, 2.75) is 11.8 Å². The summed E-state index contributed by atoms with van der Waals surface area (Å²) in [7, 11) is 0. The van der Waals surface area contributed by atoms with E-state index in [4.69, 9.17) is 21.1 Å². The summed E-state index contributed by atoms with van der Waals surface area (Å²) in [4.78, 5) is 0. The van der Waals surface area contributed by atoms with Gasteiger partial charge in [-0.2, -0.15) is 0 Å². The van der Waals surface area contributed by atoms with Crippen molar-refractivity contribution in [1.82, 2.24) is 0 Å². The summed E-state index contributed by atoms with van der Waals surface area (Å²) in [6, 6.07) is 12.1. The van der Waals surface area contributed by atoms with Crippen molar-refractivity contribution in [2.75, 3.05) is 13.2 Å². The molecule has 0 spiro atoms. The molecule has 1 atom stereocenters. The number of benzene rings is 2. The molecular weight excluding hydrogens is 419 g/mol. The Morgan fingerprint density at radius 3 is 2.48 bits per heavy atom. The van der Waals surface area contributed by atoms with Gasteiger partial charge in [0.2, 0.25) is 0 Å². The topological polar surface area (TPSA) is 18.5 Å². The summed E-state index contributed by atoms with van der Waals surface area (Å²) in [5.41, 5.74) is 2.20. The van der Waals surface area contributed by atoms with Crippen LogP contribution in [0.5, 0.6) is 11.5 Å². The van der Waals surface area contributed by atoms with Gasteiger partial charge in [0.05, 0.1) is 5.38 Å². The number of ether oxygens (including phenoxy) is 2. The van der Waals surface area contributed by atoms with Gasteiger partial charge in [-0.3, -0.25) is 0 Å². The molecule has 1 unspecified atom stereocenters. The second-order valence-electron chi connectivity index (χ2n) is 4.82. The highest BCUT2D eigenvalue weighted by molar-refractivity contribution is 9.10. The molecule has 0 bridgehead atoms. The zero-order valence-electron chi connectivity index (χ0n) is 11.1. The first-order valence-corrected chi connectivity index (χ1v) is 8.63. The van der Waals surface area contributed by atoms with Gasteiger partial charge >= 0.3 is 0 Å². The molecule has 5 heteroatoms. The van der Waals surface area contributed by atoms with Gasteiger partial charge in [-0.1, -0.05) is 44.0 Å². The summed E-state index contributed by atoms with van der Waals surface area (Å²) in [6.07, 6.45) is 0.749. The van der Waals surface area contributed by atoms with Gasteiger partial charge in [0, 0.05) is 8.95 Å². The smallest absolute Gasteiger partial charge is 0.162 e. The quantitative estimate of drug-likeness (QED) is 0.596. The Morgan fingerprint density at radius 2 is 1.76 bits per heavy atom. The molecule has 0 fully saturated rings. The molecule has 110 valence electrons. The van der Waals surface area contributed by atoms with Crippen molar-refractivity contribution in [3.8, 4) is 11.5 Å². The molecule has 2 aromatic carbocycles. The number of rotatable bonds is 3. The van der Waals surface area contributed by atoms with E-state index in [-0.39, 0.29) is 5.38 Å². The lowest BCUT2D eigenvalue weighted by molar-refractivity contribution is 0.171. The molecule has 0 aliphatic carbocycles. The molecule has 21 heavy (non-hydrogen) atoms. The average Bonchev–Trinajstić information content (AvgIpc) is 2.46. The van der Waals surface area contributed by atoms with E-state index in [0.717, 1.165) is 32.4 Å². The van der Waals surface area contributed by atoms with Gasteiger partial charge in [-0.25, -0.2) is 0 Å². The van der Waals surface area contributed by atoms with Gasteiger partial charge in [-0.05, 0) is 41.8 Å². The van der Waals surface area contributed by atoms with Crippen LogP contribution in [0.3, 0.4) is 0 Å². The van der Waals surface area contributed by atoms with E-state index < -0.39 is 0 Å². The van der Waals surface area contributed by atoms with Crippen LogP contribution < -0.4 is 9.47 Å². The number of fused-ring (bicyclic) bond motifs is 1. The van der Waals surface area contributed by atoms with Crippen molar-refractivity contribution in [3.63, 3.8) is 0 Å². The third-order valence-corrected chi connectivity index (χ3v) is 4.87. The first kappa shape index (κ1) is 15.2. The molecule has 0 saturated carbocycles. The minimum atomic E-state index is -0.135. The van der Waals surface area contributed by atoms with E-state index in [9.17, 15) is 0 Å². The number of hydrogen-bond donors (Lipinski definition) is 0. The third kappa shape index (κ3) is 3.55. The summed E-state index contributed by atoms with van der Waals surface area (Å²) in [6.45, 7) is 1.16. The fourth-order valence-corrected chi connectivity index (χ4v) is 3.84. The molecule has 1 aliphatic heterocycles. The van der Waals surface area contributed by atoms with Crippen LogP contribution >= 0.6 is 43.5 Å². The van der Waals surface area contributed by atoms with Crippen LogP contribution in [0.4, 0.5) is 0 Å². The molecule has 2 aromatic rings. The molecule has 1 aliphatic rings. The Kier molecular flexibility index (Phi) is 4.77. The Labute approximate surface area is 145 Å². The van der Waals surface area contributed by atoms with E-state index in [1.54, 1.807) is 0 Å². The number of hydrogen-bond acceptors (Lipinski definition) is 2. The van der Waals surface area contributed by atoms with Crippen molar-refractivity contribution in [1.29, 1.82) is 0 Å². The molecule has 1 heterocycles. The lowest BCUT2D eigenvalue weighted by Gasteiger charge is -2.21. The largest absolute Gasteiger partial charge is 0.486 e.